The second kappa shape index (κ2) is 6.51. The zero-order valence-corrected chi connectivity index (χ0v) is 10.5. The molecular formula is C11H12F4N2O3. The van der Waals surface area contributed by atoms with Crippen molar-refractivity contribution in [3.05, 3.63) is 23.1 Å². The van der Waals surface area contributed by atoms with E-state index in [1.54, 1.807) is 6.92 Å². The van der Waals surface area contributed by atoms with Gasteiger partial charge in [0.05, 0.1) is 19.2 Å². The Labute approximate surface area is 111 Å². The van der Waals surface area contributed by atoms with Crippen LogP contribution in [0.3, 0.4) is 0 Å². The minimum Gasteiger partial charge on any atom is -0.466 e. The van der Waals surface area contributed by atoms with Gasteiger partial charge in [-0.05, 0) is 6.92 Å². The molecule has 0 aliphatic heterocycles. The lowest BCUT2D eigenvalue weighted by Gasteiger charge is -2.14. The zero-order valence-electron chi connectivity index (χ0n) is 10.5. The molecule has 0 bridgehead atoms. The molecule has 0 saturated heterocycles. The summed E-state index contributed by atoms with van der Waals surface area (Å²) in [6.07, 6.45) is -5.01. The predicted octanol–water partition coefficient (Wildman–Crippen LogP) is 1.68. The Morgan fingerprint density at radius 3 is 2.55 bits per heavy atom. The summed E-state index contributed by atoms with van der Waals surface area (Å²) in [5, 5.41) is 0. The van der Waals surface area contributed by atoms with E-state index in [9.17, 15) is 22.4 Å². The molecule has 1 aromatic rings. The molecule has 20 heavy (non-hydrogen) atoms. The minimum absolute atomic E-state index is 0.0649. The number of rotatable bonds is 5. The average Bonchev–Trinajstić information content (AvgIpc) is 2.32. The first-order valence-corrected chi connectivity index (χ1v) is 5.56. The van der Waals surface area contributed by atoms with Gasteiger partial charge in [0.1, 0.15) is 5.82 Å². The van der Waals surface area contributed by atoms with E-state index >= 15 is 0 Å². The predicted molar refractivity (Wildman–Crippen MR) is 59.1 cm³/mol. The van der Waals surface area contributed by atoms with Gasteiger partial charge in [0.2, 0.25) is 5.88 Å². The van der Waals surface area contributed by atoms with Crippen LogP contribution in [0.15, 0.2) is 6.20 Å². The summed E-state index contributed by atoms with van der Waals surface area (Å²) >= 11 is 0. The van der Waals surface area contributed by atoms with Gasteiger partial charge in [-0.1, -0.05) is 0 Å². The monoisotopic (exact) mass is 296 g/mol. The van der Waals surface area contributed by atoms with Gasteiger partial charge in [0, 0.05) is 17.7 Å². The van der Waals surface area contributed by atoms with Crippen LogP contribution >= 0.6 is 0 Å². The Hall–Kier alpha value is -1.90. The summed E-state index contributed by atoms with van der Waals surface area (Å²) in [7, 11) is 0. The number of carbonyl (C=O) groups is 1. The molecule has 0 aliphatic rings. The molecule has 0 fully saturated rings. The van der Waals surface area contributed by atoms with Crippen LogP contribution in [0.2, 0.25) is 0 Å². The minimum atomic E-state index is -4.99. The van der Waals surface area contributed by atoms with E-state index in [-0.39, 0.29) is 17.7 Å². The molecule has 1 aromatic heterocycles. The maximum Gasteiger partial charge on any atom is 0.574 e. The molecule has 0 aliphatic carbocycles. The van der Waals surface area contributed by atoms with Gasteiger partial charge in [-0.15, -0.1) is 13.2 Å². The topological polar surface area (TPSA) is 74.4 Å². The van der Waals surface area contributed by atoms with Crippen LogP contribution in [0.25, 0.3) is 0 Å². The third-order valence-electron chi connectivity index (χ3n) is 2.25. The zero-order chi connectivity index (χ0) is 15.3. The third-order valence-corrected chi connectivity index (χ3v) is 2.25. The van der Waals surface area contributed by atoms with E-state index in [1.807, 2.05) is 0 Å². The number of esters is 1. The van der Waals surface area contributed by atoms with Gasteiger partial charge in [-0.2, -0.15) is 0 Å². The van der Waals surface area contributed by atoms with E-state index < -0.39 is 37.0 Å². The summed E-state index contributed by atoms with van der Waals surface area (Å²) in [4.78, 5) is 14.5. The van der Waals surface area contributed by atoms with E-state index in [2.05, 4.69) is 14.5 Å². The van der Waals surface area contributed by atoms with Crippen molar-refractivity contribution < 1.29 is 31.8 Å². The van der Waals surface area contributed by atoms with Crippen LogP contribution in [0.5, 0.6) is 5.88 Å². The summed E-state index contributed by atoms with van der Waals surface area (Å²) in [5.74, 6) is -2.61. The first-order valence-electron chi connectivity index (χ1n) is 5.56. The maximum absolute atomic E-state index is 13.6. The largest absolute Gasteiger partial charge is 0.574 e. The van der Waals surface area contributed by atoms with Crippen molar-refractivity contribution in [1.82, 2.24) is 4.98 Å². The molecule has 0 aromatic carbocycles. The van der Waals surface area contributed by atoms with Gasteiger partial charge in [-0.3, -0.25) is 4.79 Å². The quantitative estimate of drug-likeness (QED) is 0.661. The van der Waals surface area contributed by atoms with Crippen molar-refractivity contribution in [2.75, 3.05) is 6.61 Å². The Bertz CT molecular complexity index is 491. The van der Waals surface area contributed by atoms with Gasteiger partial charge in [0.15, 0.2) is 0 Å². The molecule has 2 N–H and O–H groups in total. The highest BCUT2D eigenvalue weighted by molar-refractivity contribution is 5.73. The van der Waals surface area contributed by atoms with E-state index in [1.165, 1.54) is 0 Å². The summed E-state index contributed by atoms with van der Waals surface area (Å²) in [5.41, 5.74) is 4.64. The fraction of sp³-hybridized carbons (Fsp3) is 0.455. The van der Waals surface area contributed by atoms with Crippen molar-refractivity contribution in [3.63, 3.8) is 0 Å². The molecule has 0 spiro atoms. The van der Waals surface area contributed by atoms with Crippen LogP contribution in [0, 0.1) is 5.82 Å². The van der Waals surface area contributed by atoms with Crippen molar-refractivity contribution in [3.8, 4) is 5.88 Å². The third kappa shape index (κ3) is 4.34. The molecule has 0 amide bonds. The number of alkyl halides is 3. The average molecular weight is 296 g/mol. The number of aromatic nitrogens is 1. The Kier molecular flexibility index (Phi) is 5.26. The van der Waals surface area contributed by atoms with Crippen molar-refractivity contribution in [1.29, 1.82) is 0 Å². The van der Waals surface area contributed by atoms with Gasteiger partial charge in [-0.25, -0.2) is 9.37 Å². The molecule has 112 valence electrons. The lowest BCUT2D eigenvalue weighted by molar-refractivity contribution is -0.276. The second-order valence-electron chi connectivity index (χ2n) is 3.60. The lowest BCUT2D eigenvalue weighted by atomic mass is 10.1. The summed E-state index contributed by atoms with van der Waals surface area (Å²) < 4.78 is 58.4. The fourth-order valence-electron chi connectivity index (χ4n) is 1.50. The van der Waals surface area contributed by atoms with Crippen LogP contribution in [-0.2, 0) is 22.5 Å². The SMILES string of the molecule is CCOC(=O)Cc1c(F)cnc(OC(F)(F)F)c1CN. The summed E-state index contributed by atoms with van der Waals surface area (Å²) in [6.45, 7) is 1.14. The van der Waals surface area contributed by atoms with Crippen molar-refractivity contribution >= 4 is 5.97 Å². The molecule has 0 radical (unpaired) electrons. The Morgan fingerprint density at radius 2 is 2.05 bits per heavy atom. The molecule has 1 heterocycles. The smallest absolute Gasteiger partial charge is 0.466 e. The fourth-order valence-corrected chi connectivity index (χ4v) is 1.50. The van der Waals surface area contributed by atoms with E-state index in [0.29, 0.717) is 6.20 Å². The van der Waals surface area contributed by atoms with Crippen LogP contribution in [0.1, 0.15) is 18.1 Å². The number of carbonyl (C=O) groups excluding carboxylic acids is 1. The van der Waals surface area contributed by atoms with Gasteiger partial charge >= 0.3 is 12.3 Å². The highest BCUT2D eigenvalue weighted by atomic mass is 19.4. The first-order chi connectivity index (χ1) is 9.28. The second-order valence-corrected chi connectivity index (χ2v) is 3.60. The standard InChI is InChI=1S/C11H12F4N2O3/c1-2-19-9(18)3-6-7(4-16)10(17-5-8(6)12)20-11(13,14)15/h5H,2-4,16H2,1H3. The number of nitrogens with zero attached hydrogens (tertiary/aromatic N) is 1. The number of nitrogens with two attached hydrogens (primary N) is 1. The highest BCUT2D eigenvalue weighted by Crippen LogP contribution is 2.28. The van der Waals surface area contributed by atoms with Crippen LogP contribution in [0.4, 0.5) is 17.6 Å². The number of ether oxygens (including phenoxy) is 2. The van der Waals surface area contributed by atoms with E-state index in [0.717, 1.165) is 0 Å². The number of pyridine rings is 1. The molecular weight excluding hydrogens is 284 g/mol. The normalized spacial score (nSPS) is 11.3. The molecule has 0 unspecified atom stereocenters. The Morgan fingerprint density at radius 1 is 1.40 bits per heavy atom. The van der Waals surface area contributed by atoms with Gasteiger partial charge < -0.3 is 15.2 Å². The molecule has 0 saturated carbocycles. The highest BCUT2D eigenvalue weighted by Gasteiger charge is 2.33. The number of hydrogen-bond acceptors (Lipinski definition) is 5. The molecule has 1 rings (SSSR count). The summed E-state index contributed by atoms with van der Waals surface area (Å²) in [6, 6.07) is 0. The van der Waals surface area contributed by atoms with Crippen molar-refractivity contribution in [2.45, 2.75) is 26.3 Å². The maximum atomic E-state index is 13.6. The molecule has 0 atom stereocenters. The Balaban J connectivity index is 3.14. The molecule has 9 heteroatoms. The number of halogens is 4. The first kappa shape index (κ1) is 16.2. The number of hydrogen-bond donors (Lipinski definition) is 1. The van der Waals surface area contributed by atoms with Gasteiger partial charge in [0.25, 0.3) is 0 Å². The van der Waals surface area contributed by atoms with Crippen LogP contribution < -0.4 is 10.5 Å². The van der Waals surface area contributed by atoms with Crippen LogP contribution in [-0.4, -0.2) is 23.9 Å². The van der Waals surface area contributed by atoms with E-state index in [4.69, 9.17) is 5.73 Å². The van der Waals surface area contributed by atoms with Crippen molar-refractivity contribution in [2.24, 2.45) is 5.73 Å². The lowest BCUT2D eigenvalue weighted by Crippen LogP contribution is -2.21. The molecule has 5 nitrogen and oxygen atoms in total.